The molecule has 0 radical (unpaired) electrons. The van der Waals surface area contributed by atoms with Crippen LogP contribution in [0.25, 0.3) is 0 Å². The van der Waals surface area contributed by atoms with Gasteiger partial charge in [0.2, 0.25) is 5.91 Å². The summed E-state index contributed by atoms with van der Waals surface area (Å²) in [5, 5.41) is 3.85. The molecule has 1 aliphatic rings. The molecule has 5 heteroatoms. The van der Waals surface area contributed by atoms with Gasteiger partial charge in [-0.2, -0.15) is 0 Å². The summed E-state index contributed by atoms with van der Waals surface area (Å²) in [6.07, 6.45) is 3.67. The summed E-state index contributed by atoms with van der Waals surface area (Å²) in [5.41, 5.74) is 5.31. The molecule has 0 aromatic carbocycles. The van der Waals surface area contributed by atoms with Crippen molar-refractivity contribution in [3.63, 3.8) is 0 Å². The number of amides is 1. The first-order chi connectivity index (χ1) is 7.16. The molecule has 0 atom stereocenters. The summed E-state index contributed by atoms with van der Waals surface area (Å²) in [4.78, 5) is 17.1. The third-order valence-electron chi connectivity index (χ3n) is 2.80. The first-order valence-corrected chi connectivity index (χ1v) is 5.88. The maximum Gasteiger partial charge on any atom is 0.227 e. The molecule has 15 heavy (non-hydrogen) atoms. The van der Waals surface area contributed by atoms with E-state index in [4.69, 9.17) is 5.73 Å². The van der Waals surface area contributed by atoms with E-state index >= 15 is 0 Å². The summed E-state index contributed by atoms with van der Waals surface area (Å²) in [6, 6.07) is 0. The number of rotatable bonds is 4. The summed E-state index contributed by atoms with van der Waals surface area (Å²) >= 11 is 1.61. The van der Waals surface area contributed by atoms with Gasteiger partial charge in [-0.05, 0) is 19.8 Å². The zero-order chi connectivity index (χ0) is 10.9. The minimum Gasteiger partial charge on any atom is -0.349 e. The minimum absolute atomic E-state index is 0.0813. The van der Waals surface area contributed by atoms with Gasteiger partial charge >= 0.3 is 0 Å². The molecule has 3 N–H and O–H groups in total. The normalized spacial score (nSPS) is 17.5. The summed E-state index contributed by atoms with van der Waals surface area (Å²) in [6.45, 7) is 2.99. The van der Waals surface area contributed by atoms with E-state index in [1.165, 1.54) is 4.88 Å². The van der Waals surface area contributed by atoms with Gasteiger partial charge in [-0.3, -0.25) is 4.79 Å². The predicted octanol–water partition coefficient (Wildman–Crippen LogP) is 0.807. The molecule has 0 spiro atoms. The fraction of sp³-hybridized carbons (Fsp3) is 0.600. The van der Waals surface area contributed by atoms with Gasteiger partial charge < -0.3 is 11.1 Å². The van der Waals surface area contributed by atoms with Crippen LogP contribution in [-0.2, 0) is 11.3 Å². The number of nitrogens with two attached hydrogens (primary N) is 1. The van der Waals surface area contributed by atoms with Crippen LogP contribution in [0.3, 0.4) is 0 Å². The largest absolute Gasteiger partial charge is 0.349 e. The average Bonchev–Trinajstić information content (AvgIpc) is 2.93. The maximum absolute atomic E-state index is 11.7. The lowest BCUT2D eigenvalue weighted by molar-refractivity contribution is -0.126. The highest BCUT2D eigenvalue weighted by atomic mass is 32.1. The van der Waals surface area contributed by atoms with Crippen molar-refractivity contribution in [2.45, 2.75) is 26.3 Å². The Hall–Kier alpha value is -0.940. The van der Waals surface area contributed by atoms with Crippen molar-refractivity contribution in [2.24, 2.45) is 11.1 Å². The van der Waals surface area contributed by atoms with E-state index in [1.54, 1.807) is 11.3 Å². The molecule has 1 aliphatic carbocycles. The van der Waals surface area contributed by atoms with Crippen molar-refractivity contribution in [2.75, 3.05) is 6.54 Å². The van der Waals surface area contributed by atoms with Crippen molar-refractivity contribution in [1.29, 1.82) is 0 Å². The number of nitrogens with zero attached hydrogens (tertiary/aromatic N) is 1. The molecule has 0 unspecified atom stereocenters. The van der Waals surface area contributed by atoms with Crippen LogP contribution in [0.2, 0.25) is 0 Å². The van der Waals surface area contributed by atoms with Crippen molar-refractivity contribution >= 4 is 17.2 Å². The fourth-order valence-electron chi connectivity index (χ4n) is 1.50. The van der Waals surface area contributed by atoms with Crippen LogP contribution in [0.15, 0.2) is 6.20 Å². The zero-order valence-corrected chi connectivity index (χ0v) is 9.56. The molecule has 82 valence electrons. The van der Waals surface area contributed by atoms with Gasteiger partial charge in [0.25, 0.3) is 0 Å². The number of aryl methyl sites for hydroxylation is 1. The van der Waals surface area contributed by atoms with E-state index in [0.717, 1.165) is 17.8 Å². The second kappa shape index (κ2) is 3.90. The highest BCUT2D eigenvalue weighted by Gasteiger charge is 2.48. The van der Waals surface area contributed by atoms with Crippen LogP contribution < -0.4 is 11.1 Å². The average molecular weight is 225 g/mol. The lowest BCUT2D eigenvalue weighted by atomic mass is 10.1. The standard InChI is InChI=1S/C10H15N3OS/c1-7-4-12-8(15-7)5-13-9(14)10(6-11)2-3-10/h4H,2-3,5-6,11H2,1H3,(H,13,14). The van der Waals surface area contributed by atoms with Crippen LogP contribution >= 0.6 is 11.3 Å². The molecular weight excluding hydrogens is 210 g/mol. The smallest absolute Gasteiger partial charge is 0.227 e. The molecular formula is C10H15N3OS. The van der Waals surface area contributed by atoms with E-state index in [1.807, 2.05) is 13.1 Å². The summed E-state index contributed by atoms with van der Waals surface area (Å²) in [7, 11) is 0. The molecule has 1 aromatic heterocycles. The van der Waals surface area contributed by atoms with Crippen molar-refractivity contribution < 1.29 is 4.79 Å². The molecule has 4 nitrogen and oxygen atoms in total. The van der Waals surface area contributed by atoms with E-state index in [2.05, 4.69) is 10.3 Å². The molecule has 1 fully saturated rings. The third kappa shape index (κ3) is 2.18. The molecule has 1 heterocycles. The van der Waals surface area contributed by atoms with Crippen LogP contribution in [0.5, 0.6) is 0 Å². The first-order valence-electron chi connectivity index (χ1n) is 5.06. The molecule has 0 saturated heterocycles. The van der Waals surface area contributed by atoms with Gasteiger partial charge in [0.1, 0.15) is 5.01 Å². The highest BCUT2D eigenvalue weighted by molar-refractivity contribution is 7.11. The number of thiazole rings is 1. The maximum atomic E-state index is 11.7. The number of hydrogen-bond acceptors (Lipinski definition) is 4. The Morgan fingerprint density at radius 3 is 2.93 bits per heavy atom. The van der Waals surface area contributed by atoms with Crippen molar-refractivity contribution in [1.82, 2.24) is 10.3 Å². The van der Waals surface area contributed by atoms with Gasteiger partial charge in [-0.1, -0.05) is 0 Å². The second-order valence-electron chi connectivity index (χ2n) is 4.03. The Balaban J connectivity index is 1.86. The highest BCUT2D eigenvalue weighted by Crippen LogP contribution is 2.44. The van der Waals surface area contributed by atoms with Gasteiger partial charge in [-0.25, -0.2) is 4.98 Å². The Morgan fingerprint density at radius 2 is 2.47 bits per heavy atom. The van der Waals surface area contributed by atoms with Crippen LogP contribution in [0, 0.1) is 12.3 Å². The van der Waals surface area contributed by atoms with E-state index in [0.29, 0.717) is 13.1 Å². The predicted molar refractivity (Wildman–Crippen MR) is 59.4 cm³/mol. The third-order valence-corrected chi connectivity index (χ3v) is 3.71. The number of hydrogen-bond donors (Lipinski definition) is 2. The van der Waals surface area contributed by atoms with Crippen LogP contribution in [-0.4, -0.2) is 17.4 Å². The van der Waals surface area contributed by atoms with Crippen molar-refractivity contribution in [3.8, 4) is 0 Å². The minimum atomic E-state index is -0.258. The van der Waals surface area contributed by atoms with E-state index < -0.39 is 0 Å². The summed E-state index contributed by atoms with van der Waals surface area (Å²) in [5.74, 6) is 0.0813. The molecule has 1 saturated carbocycles. The monoisotopic (exact) mass is 225 g/mol. The van der Waals surface area contributed by atoms with E-state index in [9.17, 15) is 4.79 Å². The van der Waals surface area contributed by atoms with E-state index in [-0.39, 0.29) is 11.3 Å². The van der Waals surface area contributed by atoms with Crippen LogP contribution in [0.4, 0.5) is 0 Å². The first kappa shape index (κ1) is 10.6. The van der Waals surface area contributed by atoms with Gasteiger partial charge in [0, 0.05) is 17.6 Å². The molecule has 1 amide bonds. The van der Waals surface area contributed by atoms with Gasteiger partial charge in [0.15, 0.2) is 0 Å². The second-order valence-corrected chi connectivity index (χ2v) is 5.35. The summed E-state index contributed by atoms with van der Waals surface area (Å²) < 4.78 is 0. The van der Waals surface area contributed by atoms with Gasteiger partial charge in [0.05, 0.1) is 12.0 Å². The Bertz CT molecular complexity index is 370. The number of carbonyl (C=O) groups excluding carboxylic acids is 1. The SMILES string of the molecule is Cc1cnc(CNC(=O)C2(CN)CC2)s1. The van der Waals surface area contributed by atoms with Crippen LogP contribution in [0.1, 0.15) is 22.7 Å². The molecule has 0 aliphatic heterocycles. The molecule has 0 bridgehead atoms. The Kier molecular flexibility index (Phi) is 2.75. The van der Waals surface area contributed by atoms with Gasteiger partial charge in [-0.15, -0.1) is 11.3 Å². The topological polar surface area (TPSA) is 68.0 Å². The zero-order valence-electron chi connectivity index (χ0n) is 8.75. The lowest BCUT2D eigenvalue weighted by Gasteiger charge is -2.11. The fourth-order valence-corrected chi connectivity index (χ4v) is 2.23. The lowest BCUT2D eigenvalue weighted by Crippen LogP contribution is -2.36. The number of carbonyl (C=O) groups is 1. The molecule has 2 rings (SSSR count). The number of nitrogens with one attached hydrogen (secondary N) is 1. The Labute approximate surface area is 92.9 Å². The van der Waals surface area contributed by atoms with Crippen molar-refractivity contribution in [3.05, 3.63) is 16.1 Å². The number of aromatic nitrogens is 1. The molecule has 1 aromatic rings. The Morgan fingerprint density at radius 1 is 1.73 bits per heavy atom. The quantitative estimate of drug-likeness (QED) is 0.796.